The number of aryl methyl sites for hydroxylation is 1. The molecule has 1 unspecified atom stereocenters. The van der Waals surface area contributed by atoms with E-state index in [1.165, 1.54) is 22.3 Å². The highest BCUT2D eigenvalue weighted by molar-refractivity contribution is 5.68. The van der Waals surface area contributed by atoms with Crippen LogP contribution in [0.15, 0.2) is 48.5 Å². The quantitative estimate of drug-likeness (QED) is 0.875. The van der Waals surface area contributed by atoms with E-state index in [0.29, 0.717) is 0 Å². The molecule has 1 atom stereocenters. The minimum Gasteiger partial charge on any atom is -0.328 e. The normalized spacial score (nSPS) is 12.6. The zero-order valence-corrected chi connectivity index (χ0v) is 13.3. The summed E-state index contributed by atoms with van der Waals surface area (Å²) in [6, 6.07) is 17.8. The first kappa shape index (κ1) is 15.7. The van der Waals surface area contributed by atoms with Gasteiger partial charge < -0.3 is 10.6 Å². The SMILES string of the molecule is CC(N)CCc1cccc(-c2ccccc2CN(C)C)c1. The minimum absolute atomic E-state index is 0.259. The fraction of sp³-hybridized carbons (Fsp3) is 0.368. The monoisotopic (exact) mass is 282 g/mol. The molecule has 0 aliphatic carbocycles. The van der Waals surface area contributed by atoms with Gasteiger partial charge >= 0.3 is 0 Å². The second-order valence-corrected chi connectivity index (χ2v) is 6.11. The van der Waals surface area contributed by atoms with Crippen LogP contribution in [0.4, 0.5) is 0 Å². The molecule has 2 N–H and O–H groups in total. The number of hydrogen-bond acceptors (Lipinski definition) is 2. The summed E-state index contributed by atoms with van der Waals surface area (Å²) in [4.78, 5) is 2.21. The first-order valence-corrected chi connectivity index (χ1v) is 7.64. The highest BCUT2D eigenvalue weighted by Crippen LogP contribution is 2.25. The summed E-state index contributed by atoms with van der Waals surface area (Å²) < 4.78 is 0. The molecule has 2 rings (SSSR count). The Labute approximate surface area is 128 Å². The summed E-state index contributed by atoms with van der Waals surface area (Å²) in [5, 5.41) is 0. The van der Waals surface area contributed by atoms with E-state index in [9.17, 15) is 0 Å². The molecule has 2 heteroatoms. The zero-order valence-electron chi connectivity index (χ0n) is 13.3. The lowest BCUT2D eigenvalue weighted by atomic mass is 9.96. The topological polar surface area (TPSA) is 29.3 Å². The van der Waals surface area contributed by atoms with Gasteiger partial charge in [-0.25, -0.2) is 0 Å². The Morgan fingerprint density at radius 3 is 2.52 bits per heavy atom. The Balaban J connectivity index is 2.27. The average molecular weight is 282 g/mol. The van der Waals surface area contributed by atoms with E-state index in [1.807, 2.05) is 0 Å². The van der Waals surface area contributed by atoms with E-state index in [-0.39, 0.29) is 6.04 Å². The minimum atomic E-state index is 0.259. The molecule has 0 spiro atoms. The summed E-state index contributed by atoms with van der Waals surface area (Å²) in [5.41, 5.74) is 11.2. The van der Waals surface area contributed by atoms with Gasteiger partial charge in [-0.05, 0) is 56.1 Å². The molecule has 0 aromatic heterocycles. The van der Waals surface area contributed by atoms with Crippen LogP contribution in [-0.2, 0) is 13.0 Å². The molecule has 2 aromatic carbocycles. The van der Waals surface area contributed by atoms with Crippen LogP contribution in [0.2, 0.25) is 0 Å². The van der Waals surface area contributed by atoms with Crippen molar-refractivity contribution in [1.29, 1.82) is 0 Å². The van der Waals surface area contributed by atoms with Crippen molar-refractivity contribution in [2.45, 2.75) is 32.4 Å². The zero-order chi connectivity index (χ0) is 15.2. The Hall–Kier alpha value is -1.64. The third-order valence-corrected chi connectivity index (χ3v) is 3.63. The van der Waals surface area contributed by atoms with Gasteiger partial charge in [-0.2, -0.15) is 0 Å². The van der Waals surface area contributed by atoms with Gasteiger partial charge in [0.05, 0.1) is 0 Å². The van der Waals surface area contributed by atoms with E-state index >= 15 is 0 Å². The van der Waals surface area contributed by atoms with Crippen LogP contribution in [0, 0.1) is 0 Å². The summed E-state index contributed by atoms with van der Waals surface area (Å²) in [5.74, 6) is 0. The Morgan fingerprint density at radius 1 is 1.05 bits per heavy atom. The standard InChI is InChI=1S/C19H26N2/c1-15(20)11-12-16-7-6-9-17(13-16)19-10-5-4-8-18(19)14-21(2)3/h4-10,13,15H,11-12,14,20H2,1-3H3. The third kappa shape index (κ3) is 4.69. The molecule has 0 aliphatic rings. The fourth-order valence-corrected chi connectivity index (χ4v) is 2.57. The van der Waals surface area contributed by atoms with Crippen LogP contribution >= 0.6 is 0 Å². The maximum atomic E-state index is 5.86. The summed E-state index contributed by atoms with van der Waals surface area (Å²) in [6.45, 7) is 3.02. The molecule has 0 saturated heterocycles. The fourth-order valence-electron chi connectivity index (χ4n) is 2.57. The van der Waals surface area contributed by atoms with Crippen LogP contribution in [0.3, 0.4) is 0 Å². The second kappa shape index (κ2) is 7.39. The maximum absolute atomic E-state index is 5.86. The first-order chi connectivity index (χ1) is 10.1. The predicted molar refractivity (Wildman–Crippen MR) is 91.2 cm³/mol. The molecule has 0 fully saturated rings. The number of nitrogens with two attached hydrogens (primary N) is 1. The largest absolute Gasteiger partial charge is 0.328 e. The van der Waals surface area contributed by atoms with Gasteiger partial charge in [-0.15, -0.1) is 0 Å². The number of hydrogen-bond donors (Lipinski definition) is 1. The summed E-state index contributed by atoms with van der Waals surface area (Å²) in [6.07, 6.45) is 2.07. The van der Waals surface area contributed by atoms with Crippen molar-refractivity contribution in [3.63, 3.8) is 0 Å². The first-order valence-electron chi connectivity index (χ1n) is 7.64. The van der Waals surface area contributed by atoms with Crippen molar-refractivity contribution in [3.8, 4) is 11.1 Å². The number of benzene rings is 2. The van der Waals surface area contributed by atoms with Crippen LogP contribution in [-0.4, -0.2) is 25.0 Å². The molecule has 2 nitrogen and oxygen atoms in total. The van der Waals surface area contributed by atoms with Gasteiger partial charge in [0.1, 0.15) is 0 Å². The molecule has 0 radical (unpaired) electrons. The van der Waals surface area contributed by atoms with Crippen LogP contribution in [0.5, 0.6) is 0 Å². The van der Waals surface area contributed by atoms with Crippen LogP contribution < -0.4 is 5.73 Å². The third-order valence-electron chi connectivity index (χ3n) is 3.63. The molecular weight excluding hydrogens is 256 g/mol. The van der Waals surface area contributed by atoms with Gasteiger partial charge in [0.2, 0.25) is 0 Å². The lowest BCUT2D eigenvalue weighted by Gasteiger charge is -2.15. The Morgan fingerprint density at radius 2 is 1.81 bits per heavy atom. The van der Waals surface area contributed by atoms with Crippen molar-refractivity contribution >= 4 is 0 Å². The lowest BCUT2D eigenvalue weighted by molar-refractivity contribution is 0.403. The molecule has 2 aromatic rings. The highest BCUT2D eigenvalue weighted by atomic mass is 15.0. The molecule has 0 bridgehead atoms. The molecule has 0 aliphatic heterocycles. The second-order valence-electron chi connectivity index (χ2n) is 6.11. The van der Waals surface area contributed by atoms with Crippen LogP contribution in [0.25, 0.3) is 11.1 Å². The van der Waals surface area contributed by atoms with Crippen molar-refractivity contribution in [2.75, 3.05) is 14.1 Å². The summed E-state index contributed by atoms with van der Waals surface area (Å²) in [7, 11) is 4.21. The lowest BCUT2D eigenvalue weighted by Crippen LogP contribution is -2.15. The van der Waals surface area contributed by atoms with Crippen molar-refractivity contribution in [1.82, 2.24) is 4.90 Å². The van der Waals surface area contributed by atoms with Gasteiger partial charge in [-0.3, -0.25) is 0 Å². The maximum Gasteiger partial charge on any atom is 0.0233 e. The highest BCUT2D eigenvalue weighted by Gasteiger charge is 2.06. The molecular formula is C19H26N2. The van der Waals surface area contributed by atoms with Gasteiger partial charge in [0.15, 0.2) is 0 Å². The van der Waals surface area contributed by atoms with E-state index in [0.717, 1.165) is 19.4 Å². The summed E-state index contributed by atoms with van der Waals surface area (Å²) >= 11 is 0. The average Bonchev–Trinajstić information content (AvgIpc) is 2.45. The molecule has 112 valence electrons. The molecule has 0 saturated carbocycles. The van der Waals surface area contributed by atoms with E-state index in [2.05, 4.69) is 74.4 Å². The Kier molecular flexibility index (Phi) is 5.54. The number of nitrogens with zero attached hydrogens (tertiary/aromatic N) is 1. The number of rotatable bonds is 6. The van der Waals surface area contributed by atoms with E-state index < -0.39 is 0 Å². The molecule has 21 heavy (non-hydrogen) atoms. The molecule has 0 amide bonds. The van der Waals surface area contributed by atoms with Crippen molar-refractivity contribution in [2.24, 2.45) is 5.73 Å². The van der Waals surface area contributed by atoms with Gasteiger partial charge in [0, 0.05) is 12.6 Å². The van der Waals surface area contributed by atoms with Gasteiger partial charge in [0.25, 0.3) is 0 Å². The van der Waals surface area contributed by atoms with Crippen LogP contribution in [0.1, 0.15) is 24.5 Å². The van der Waals surface area contributed by atoms with E-state index in [1.54, 1.807) is 0 Å². The van der Waals surface area contributed by atoms with Crippen molar-refractivity contribution < 1.29 is 0 Å². The van der Waals surface area contributed by atoms with E-state index in [4.69, 9.17) is 5.73 Å². The van der Waals surface area contributed by atoms with Crippen molar-refractivity contribution in [3.05, 3.63) is 59.7 Å². The Bertz CT molecular complexity index is 573. The smallest absolute Gasteiger partial charge is 0.0233 e. The predicted octanol–water partition coefficient (Wildman–Crippen LogP) is 3.70. The molecule has 0 heterocycles. The van der Waals surface area contributed by atoms with Gasteiger partial charge in [-0.1, -0.05) is 48.5 Å².